The van der Waals surface area contributed by atoms with Gasteiger partial charge in [0, 0.05) is 13.2 Å². The Bertz CT molecular complexity index is 868. The van der Waals surface area contributed by atoms with Crippen molar-refractivity contribution in [3.8, 4) is 0 Å². The van der Waals surface area contributed by atoms with E-state index in [1.807, 2.05) is 0 Å². The summed E-state index contributed by atoms with van der Waals surface area (Å²) in [6.07, 6.45) is -1.35. The number of nitrogens with zero attached hydrogens (tertiary/aromatic N) is 2. The van der Waals surface area contributed by atoms with Crippen LogP contribution in [0.2, 0.25) is 0 Å². The van der Waals surface area contributed by atoms with E-state index in [1.54, 1.807) is 44.2 Å². The molecule has 1 heterocycles. The Hall–Kier alpha value is -3.31. The van der Waals surface area contributed by atoms with Gasteiger partial charge in [0.15, 0.2) is 0 Å². The lowest BCUT2D eigenvalue weighted by Crippen LogP contribution is -2.71. The summed E-state index contributed by atoms with van der Waals surface area (Å²) in [5.41, 5.74) is 0.639. The van der Waals surface area contributed by atoms with Gasteiger partial charge in [-0.05, 0) is 26.3 Å². The fourth-order valence-corrected chi connectivity index (χ4v) is 3.50. The zero-order valence-electron chi connectivity index (χ0n) is 19.0. The Balaban J connectivity index is 2.47. The van der Waals surface area contributed by atoms with E-state index >= 15 is 0 Å². The van der Waals surface area contributed by atoms with Crippen LogP contribution >= 0.6 is 0 Å². The van der Waals surface area contributed by atoms with E-state index in [0.717, 1.165) is 12.0 Å². The number of ether oxygens (including phenoxy) is 4. The first-order valence-corrected chi connectivity index (χ1v) is 10.4. The van der Waals surface area contributed by atoms with Crippen LogP contribution in [0.3, 0.4) is 0 Å². The van der Waals surface area contributed by atoms with Crippen LogP contribution in [0.5, 0.6) is 0 Å². The second-order valence-corrected chi connectivity index (χ2v) is 7.09. The molecule has 4 amide bonds. The van der Waals surface area contributed by atoms with Crippen molar-refractivity contribution in [2.45, 2.75) is 45.8 Å². The average Bonchev–Trinajstić information content (AvgIpc) is 2.81. The fraction of sp³-hybridized carbons (Fsp3) is 0.500. The molecule has 180 valence electrons. The second kappa shape index (κ2) is 11.5. The summed E-state index contributed by atoms with van der Waals surface area (Å²) in [5.74, 6) is -5.06. The normalized spacial score (nSPS) is 17.5. The zero-order chi connectivity index (χ0) is 24.6. The van der Waals surface area contributed by atoms with Gasteiger partial charge in [0.05, 0.1) is 19.4 Å². The number of aldehydes is 1. The first-order valence-electron chi connectivity index (χ1n) is 10.4. The maximum Gasteiger partial charge on any atom is 0.425 e. The van der Waals surface area contributed by atoms with E-state index in [1.165, 1.54) is 6.92 Å². The number of methoxy groups -OCH3 is 1. The average molecular weight is 464 g/mol. The van der Waals surface area contributed by atoms with Crippen LogP contribution in [0.25, 0.3) is 0 Å². The molecule has 2 atom stereocenters. The number of imide groups is 3. The summed E-state index contributed by atoms with van der Waals surface area (Å²) in [4.78, 5) is 64.3. The third-order valence-electron chi connectivity index (χ3n) is 5.01. The first-order chi connectivity index (χ1) is 15.8. The van der Waals surface area contributed by atoms with Crippen molar-refractivity contribution in [3.63, 3.8) is 0 Å². The molecular weight excluding hydrogens is 436 g/mol. The Labute approximate surface area is 191 Å². The van der Waals surface area contributed by atoms with Crippen LogP contribution in [0.1, 0.15) is 32.8 Å². The molecule has 2 unspecified atom stereocenters. The largest absolute Gasteiger partial charge is 0.467 e. The minimum Gasteiger partial charge on any atom is -0.467 e. The molecule has 0 aromatic heterocycles. The predicted octanol–water partition coefficient (Wildman–Crippen LogP) is 2.08. The molecule has 1 aromatic rings. The van der Waals surface area contributed by atoms with Crippen molar-refractivity contribution in [1.29, 1.82) is 0 Å². The fourth-order valence-electron chi connectivity index (χ4n) is 3.50. The van der Waals surface area contributed by atoms with Crippen molar-refractivity contribution in [3.05, 3.63) is 35.9 Å². The Morgan fingerprint density at radius 2 is 1.76 bits per heavy atom. The van der Waals surface area contributed by atoms with Crippen molar-refractivity contribution in [1.82, 2.24) is 9.80 Å². The van der Waals surface area contributed by atoms with Gasteiger partial charge < -0.3 is 23.7 Å². The monoisotopic (exact) mass is 464 g/mol. The maximum absolute atomic E-state index is 13.5. The number of carbonyl (C=O) groups is 5. The second-order valence-electron chi connectivity index (χ2n) is 7.09. The van der Waals surface area contributed by atoms with Gasteiger partial charge in [-0.3, -0.25) is 9.69 Å². The highest BCUT2D eigenvalue weighted by Gasteiger charge is 2.58. The van der Waals surface area contributed by atoms with Crippen molar-refractivity contribution < 1.29 is 42.9 Å². The summed E-state index contributed by atoms with van der Waals surface area (Å²) in [5, 5.41) is 0. The Morgan fingerprint density at radius 1 is 1.15 bits per heavy atom. The smallest absolute Gasteiger partial charge is 0.425 e. The molecule has 1 aromatic carbocycles. The third kappa shape index (κ3) is 5.37. The summed E-state index contributed by atoms with van der Waals surface area (Å²) in [7, 11) is 1.09. The Kier molecular flexibility index (Phi) is 9.06. The van der Waals surface area contributed by atoms with Gasteiger partial charge >= 0.3 is 18.1 Å². The summed E-state index contributed by atoms with van der Waals surface area (Å²) < 4.78 is 21.3. The van der Waals surface area contributed by atoms with E-state index in [2.05, 4.69) is 0 Å². The molecule has 1 fully saturated rings. The minimum absolute atomic E-state index is 0.0117. The first kappa shape index (κ1) is 25.9. The van der Waals surface area contributed by atoms with Crippen LogP contribution in [-0.2, 0) is 39.9 Å². The van der Waals surface area contributed by atoms with Crippen LogP contribution in [0.15, 0.2) is 30.3 Å². The van der Waals surface area contributed by atoms with E-state index in [-0.39, 0.29) is 24.7 Å². The molecule has 0 radical (unpaired) electrons. The maximum atomic E-state index is 13.5. The van der Waals surface area contributed by atoms with Crippen LogP contribution in [-0.4, -0.2) is 72.4 Å². The van der Waals surface area contributed by atoms with E-state index < -0.39 is 48.3 Å². The minimum atomic E-state index is -2.07. The molecule has 2 rings (SSSR count). The van der Waals surface area contributed by atoms with E-state index in [9.17, 15) is 24.0 Å². The number of benzene rings is 1. The standard InChI is InChI=1S/C22H28N2O9/c1-5-32-22(33-6-2,15(3)13-25)24-17(19(27)30-4)12-18(26)23(20(24)28)21(29)31-14-16-10-8-7-9-11-16/h7-11,13,15,17H,5-6,12,14H2,1-4H3. The third-order valence-corrected chi connectivity index (χ3v) is 5.01. The Morgan fingerprint density at radius 3 is 2.27 bits per heavy atom. The van der Waals surface area contributed by atoms with Crippen molar-refractivity contribution in [2.24, 2.45) is 5.92 Å². The molecule has 0 saturated carbocycles. The number of hydrogen-bond donors (Lipinski definition) is 0. The van der Waals surface area contributed by atoms with Crippen LogP contribution in [0.4, 0.5) is 9.59 Å². The number of esters is 1. The molecule has 33 heavy (non-hydrogen) atoms. The lowest BCUT2D eigenvalue weighted by Gasteiger charge is -2.49. The number of hydrogen-bond acceptors (Lipinski definition) is 9. The number of urea groups is 1. The zero-order valence-corrected chi connectivity index (χ0v) is 19.0. The van der Waals surface area contributed by atoms with Gasteiger partial charge in [-0.2, -0.15) is 4.90 Å². The lowest BCUT2D eigenvalue weighted by molar-refractivity contribution is -0.326. The molecule has 11 heteroatoms. The van der Waals surface area contributed by atoms with Crippen LogP contribution in [0, 0.1) is 5.92 Å². The number of carbonyl (C=O) groups excluding carboxylic acids is 5. The van der Waals surface area contributed by atoms with Crippen LogP contribution < -0.4 is 0 Å². The van der Waals surface area contributed by atoms with E-state index in [4.69, 9.17) is 18.9 Å². The van der Waals surface area contributed by atoms with Crippen molar-refractivity contribution in [2.75, 3.05) is 20.3 Å². The summed E-state index contributed by atoms with van der Waals surface area (Å²) in [6.45, 7) is 4.41. The van der Waals surface area contributed by atoms with Gasteiger partial charge in [0.1, 0.15) is 18.9 Å². The van der Waals surface area contributed by atoms with Crippen molar-refractivity contribution >= 4 is 30.3 Å². The van der Waals surface area contributed by atoms with Gasteiger partial charge in [-0.25, -0.2) is 14.4 Å². The van der Waals surface area contributed by atoms with Gasteiger partial charge in [-0.1, -0.05) is 30.3 Å². The van der Waals surface area contributed by atoms with E-state index in [0.29, 0.717) is 11.8 Å². The molecule has 0 aliphatic carbocycles. The molecule has 1 saturated heterocycles. The molecule has 0 bridgehead atoms. The molecule has 1 aliphatic rings. The summed E-state index contributed by atoms with van der Waals surface area (Å²) in [6, 6.07) is 5.94. The molecule has 0 spiro atoms. The highest BCUT2D eigenvalue weighted by Crippen LogP contribution is 2.35. The molecule has 11 nitrogen and oxygen atoms in total. The molecular formula is C22H28N2O9. The highest BCUT2D eigenvalue weighted by molar-refractivity contribution is 6.12. The number of amides is 4. The summed E-state index contributed by atoms with van der Waals surface area (Å²) >= 11 is 0. The predicted molar refractivity (Wildman–Crippen MR) is 112 cm³/mol. The van der Waals surface area contributed by atoms with Gasteiger partial charge in [0.25, 0.3) is 5.91 Å². The topological polar surface area (TPSA) is 129 Å². The highest BCUT2D eigenvalue weighted by atomic mass is 16.7. The quantitative estimate of drug-likeness (QED) is 0.290. The lowest BCUT2D eigenvalue weighted by atomic mass is 10.0. The molecule has 0 N–H and O–H groups in total. The van der Waals surface area contributed by atoms with Gasteiger partial charge in [-0.15, -0.1) is 0 Å². The van der Waals surface area contributed by atoms with Gasteiger partial charge in [0.2, 0.25) is 5.91 Å². The number of rotatable bonds is 10. The SMILES string of the molecule is CCOC(OCC)(C(C)C=O)N1C(=O)N(C(=O)OCc2ccccc2)C(=O)CC1C(=O)OC. The molecule has 1 aliphatic heterocycles.